The van der Waals surface area contributed by atoms with Gasteiger partial charge in [-0.3, -0.25) is 14.5 Å². The number of rotatable bonds is 4. The van der Waals surface area contributed by atoms with Gasteiger partial charge in [0.2, 0.25) is 0 Å². The third kappa shape index (κ3) is 2.73. The van der Waals surface area contributed by atoms with Crippen LogP contribution >= 0.6 is 23.2 Å². The van der Waals surface area contributed by atoms with Gasteiger partial charge in [-0.05, 0) is 12.5 Å². The van der Waals surface area contributed by atoms with Crippen LogP contribution in [0.15, 0.2) is 18.5 Å². The Bertz CT molecular complexity index is 748. The summed E-state index contributed by atoms with van der Waals surface area (Å²) < 4.78 is 27.1. The highest BCUT2D eigenvalue weighted by molar-refractivity contribution is 6.34. The zero-order valence-electron chi connectivity index (χ0n) is 11.4. The van der Waals surface area contributed by atoms with E-state index in [1.54, 1.807) is 6.07 Å². The maximum Gasteiger partial charge on any atom is 0.282 e. The van der Waals surface area contributed by atoms with E-state index in [1.807, 2.05) is 0 Å². The van der Waals surface area contributed by atoms with Gasteiger partial charge in [0.1, 0.15) is 5.69 Å². The van der Waals surface area contributed by atoms with Gasteiger partial charge in [0.05, 0.1) is 21.3 Å². The molecule has 3 rings (SSSR count). The molecule has 1 fully saturated rings. The summed E-state index contributed by atoms with van der Waals surface area (Å²) in [5.74, 6) is -0.905. The lowest BCUT2D eigenvalue weighted by Gasteiger charge is -2.03. The first-order valence-corrected chi connectivity index (χ1v) is 7.31. The fourth-order valence-electron chi connectivity index (χ4n) is 2.54. The van der Waals surface area contributed by atoms with Gasteiger partial charge in [0.25, 0.3) is 6.43 Å². The molecule has 1 saturated carbocycles. The van der Waals surface area contributed by atoms with E-state index in [0.29, 0.717) is 22.2 Å². The summed E-state index contributed by atoms with van der Waals surface area (Å²) in [7, 11) is 1.50. The van der Waals surface area contributed by atoms with Crippen molar-refractivity contribution in [3.63, 3.8) is 0 Å². The highest BCUT2D eigenvalue weighted by atomic mass is 35.5. The zero-order chi connectivity index (χ0) is 16.0. The summed E-state index contributed by atoms with van der Waals surface area (Å²) in [5, 5.41) is 4.44. The van der Waals surface area contributed by atoms with Crippen molar-refractivity contribution in [3.8, 4) is 0 Å². The minimum atomic E-state index is -2.78. The van der Waals surface area contributed by atoms with Crippen LogP contribution in [0, 0.1) is 5.92 Å². The van der Waals surface area contributed by atoms with Crippen molar-refractivity contribution in [1.29, 1.82) is 0 Å². The number of pyridine rings is 1. The molecule has 8 heteroatoms. The van der Waals surface area contributed by atoms with Gasteiger partial charge in [-0.2, -0.15) is 5.10 Å². The molecule has 116 valence electrons. The van der Waals surface area contributed by atoms with Crippen molar-refractivity contribution in [3.05, 3.63) is 45.5 Å². The van der Waals surface area contributed by atoms with Gasteiger partial charge < -0.3 is 0 Å². The molecular formula is C14H11Cl2F2N3O. The first-order chi connectivity index (χ1) is 10.4. The highest BCUT2D eigenvalue weighted by Gasteiger charge is 2.47. The van der Waals surface area contributed by atoms with Gasteiger partial charge in [-0.1, -0.05) is 23.2 Å². The second kappa shape index (κ2) is 5.59. The van der Waals surface area contributed by atoms with E-state index in [4.69, 9.17) is 23.2 Å². The molecule has 1 aliphatic carbocycles. The number of nitrogens with zero attached hydrogens (tertiary/aromatic N) is 3. The Hall–Kier alpha value is -1.53. The Labute approximate surface area is 135 Å². The highest BCUT2D eigenvalue weighted by Crippen LogP contribution is 2.51. The SMILES string of the molecule is Cn1cc(C(=O)C2CC2c2ncc(Cl)cc2Cl)c(C(F)F)n1. The van der Waals surface area contributed by atoms with Crippen LogP contribution in [0.1, 0.15) is 40.5 Å². The van der Waals surface area contributed by atoms with Crippen LogP contribution in [-0.4, -0.2) is 20.5 Å². The number of ketones is 1. The largest absolute Gasteiger partial charge is 0.294 e. The summed E-state index contributed by atoms with van der Waals surface area (Å²) in [6, 6.07) is 1.56. The lowest BCUT2D eigenvalue weighted by atomic mass is 10.1. The lowest BCUT2D eigenvalue weighted by Crippen LogP contribution is -2.06. The Balaban J connectivity index is 1.84. The number of alkyl halides is 2. The third-order valence-corrected chi connectivity index (χ3v) is 4.15. The summed E-state index contributed by atoms with van der Waals surface area (Å²) in [6.45, 7) is 0. The molecule has 2 aromatic heterocycles. The number of hydrogen-bond donors (Lipinski definition) is 0. The molecule has 0 aliphatic heterocycles. The average Bonchev–Trinajstić information content (AvgIpc) is 3.12. The fraction of sp³-hybridized carbons (Fsp3) is 0.357. The number of aryl methyl sites for hydroxylation is 1. The maximum absolute atomic E-state index is 12.9. The predicted octanol–water partition coefficient (Wildman–Crippen LogP) is 4.05. The van der Waals surface area contributed by atoms with Gasteiger partial charge in [0.15, 0.2) is 5.78 Å². The molecular weight excluding hydrogens is 335 g/mol. The molecule has 0 bridgehead atoms. The number of carbonyl (C=O) groups excluding carboxylic acids is 1. The third-order valence-electron chi connectivity index (χ3n) is 3.64. The Kier molecular flexibility index (Phi) is 3.91. The molecule has 0 radical (unpaired) electrons. The van der Waals surface area contributed by atoms with E-state index >= 15 is 0 Å². The number of Topliss-reactive ketones (excluding diaryl/α,β-unsaturated/α-hetero) is 1. The standard InChI is InChI=1S/C14H11Cl2F2N3O/c1-21-5-9(12(20-21)14(17)18)13(22)8-3-7(8)11-10(16)2-6(15)4-19-11/h2,4-5,7-8,14H,3H2,1H3. The summed E-state index contributed by atoms with van der Waals surface area (Å²) in [5.41, 5.74) is 0.0651. The van der Waals surface area contributed by atoms with Gasteiger partial charge in [-0.25, -0.2) is 8.78 Å². The first kappa shape index (κ1) is 15.4. The van der Waals surface area contributed by atoms with Crippen LogP contribution in [0.25, 0.3) is 0 Å². The van der Waals surface area contributed by atoms with Crippen molar-refractivity contribution in [2.75, 3.05) is 0 Å². The van der Waals surface area contributed by atoms with Crippen LogP contribution in [0.2, 0.25) is 10.0 Å². The summed E-state index contributed by atoms with van der Waals surface area (Å²) >= 11 is 11.9. The van der Waals surface area contributed by atoms with Gasteiger partial charge >= 0.3 is 0 Å². The monoisotopic (exact) mass is 345 g/mol. The molecule has 0 amide bonds. The van der Waals surface area contributed by atoms with Crippen molar-refractivity contribution >= 4 is 29.0 Å². The molecule has 4 nitrogen and oxygen atoms in total. The van der Waals surface area contributed by atoms with E-state index in [0.717, 1.165) is 0 Å². The predicted molar refractivity (Wildman–Crippen MR) is 77.6 cm³/mol. The minimum Gasteiger partial charge on any atom is -0.294 e. The van der Waals surface area contributed by atoms with Crippen LogP contribution in [0.4, 0.5) is 8.78 Å². The van der Waals surface area contributed by atoms with Crippen molar-refractivity contribution in [2.45, 2.75) is 18.8 Å². The number of carbonyl (C=O) groups is 1. The van der Waals surface area contributed by atoms with Crippen molar-refractivity contribution in [1.82, 2.24) is 14.8 Å². The quantitative estimate of drug-likeness (QED) is 0.785. The second-order valence-corrected chi connectivity index (χ2v) is 6.08. The molecule has 2 atom stereocenters. The van der Waals surface area contributed by atoms with E-state index in [1.165, 1.54) is 24.1 Å². The van der Waals surface area contributed by atoms with Crippen LogP contribution in [0.5, 0.6) is 0 Å². The molecule has 22 heavy (non-hydrogen) atoms. The topological polar surface area (TPSA) is 47.8 Å². The number of hydrogen-bond acceptors (Lipinski definition) is 3. The van der Waals surface area contributed by atoms with Crippen LogP contribution in [0.3, 0.4) is 0 Å². The fourth-order valence-corrected chi connectivity index (χ4v) is 3.06. The molecule has 0 aromatic carbocycles. The molecule has 2 aromatic rings. The Morgan fingerprint density at radius 3 is 2.82 bits per heavy atom. The van der Waals surface area contributed by atoms with Gasteiger partial charge in [-0.15, -0.1) is 0 Å². The molecule has 2 unspecified atom stereocenters. The molecule has 0 N–H and O–H groups in total. The minimum absolute atomic E-state index is 0.0323. The number of aromatic nitrogens is 3. The smallest absolute Gasteiger partial charge is 0.282 e. The van der Waals surface area contributed by atoms with Crippen molar-refractivity contribution < 1.29 is 13.6 Å². The van der Waals surface area contributed by atoms with Crippen LogP contribution in [-0.2, 0) is 7.05 Å². The van der Waals surface area contributed by atoms with E-state index in [-0.39, 0.29) is 17.3 Å². The lowest BCUT2D eigenvalue weighted by molar-refractivity contribution is 0.0950. The zero-order valence-corrected chi connectivity index (χ0v) is 12.9. The molecule has 1 aliphatic rings. The van der Waals surface area contributed by atoms with E-state index in [9.17, 15) is 13.6 Å². The van der Waals surface area contributed by atoms with E-state index in [2.05, 4.69) is 10.1 Å². The summed E-state index contributed by atoms with van der Waals surface area (Å²) in [6.07, 6.45) is 0.535. The summed E-state index contributed by atoms with van der Waals surface area (Å²) in [4.78, 5) is 16.6. The average molecular weight is 346 g/mol. The second-order valence-electron chi connectivity index (χ2n) is 5.24. The van der Waals surface area contributed by atoms with Crippen molar-refractivity contribution in [2.24, 2.45) is 13.0 Å². The Morgan fingerprint density at radius 2 is 2.18 bits per heavy atom. The maximum atomic E-state index is 12.9. The number of halogens is 4. The molecule has 0 saturated heterocycles. The molecule has 0 spiro atoms. The Morgan fingerprint density at radius 1 is 1.45 bits per heavy atom. The van der Waals surface area contributed by atoms with Gasteiger partial charge in [0, 0.05) is 31.3 Å². The van der Waals surface area contributed by atoms with E-state index < -0.39 is 18.0 Å². The molecule has 2 heterocycles. The van der Waals surface area contributed by atoms with Crippen LogP contribution < -0.4 is 0 Å². The normalized spacial score (nSPS) is 20.5. The first-order valence-electron chi connectivity index (χ1n) is 6.55.